The summed E-state index contributed by atoms with van der Waals surface area (Å²) in [5.74, 6) is 0.228. The molecule has 1 aliphatic carbocycles. The Morgan fingerprint density at radius 2 is 1.95 bits per heavy atom. The van der Waals surface area contributed by atoms with E-state index in [1.165, 1.54) is 5.57 Å². The first-order valence-corrected chi connectivity index (χ1v) is 6.33. The molecule has 0 fully saturated rings. The van der Waals surface area contributed by atoms with Gasteiger partial charge < -0.3 is 10.8 Å². The number of nitrogens with zero attached hydrogens (tertiary/aromatic N) is 2. The molecule has 0 saturated heterocycles. The van der Waals surface area contributed by atoms with E-state index in [4.69, 9.17) is 5.73 Å². The van der Waals surface area contributed by atoms with Crippen molar-refractivity contribution < 1.29 is 5.11 Å². The molecule has 0 unspecified atom stereocenters. The largest absolute Gasteiger partial charge is 0.508 e. The summed E-state index contributed by atoms with van der Waals surface area (Å²) in [7, 11) is 0. The molecular formula is C15H15N3O. The van der Waals surface area contributed by atoms with Crippen LogP contribution in [-0.4, -0.2) is 23.1 Å². The van der Waals surface area contributed by atoms with Crippen LogP contribution in [0.3, 0.4) is 0 Å². The molecule has 4 nitrogen and oxygen atoms in total. The summed E-state index contributed by atoms with van der Waals surface area (Å²) in [5, 5.41) is 9.28. The van der Waals surface area contributed by atoms with Crippen LogP contribution in [0.25, 0.3) is 0 Å². The van der Waals surface area contributed by atoms with Crippen LogP contribution in [0.4, 0.5) is 5.69 Å². The predicted molar refractivity (Wildman–Crippen MR) is 77.1 cm³/mol. The van der Waals surface area contributed by atoms with Gasteiger partial charge in [-0.1, -0.05) is 6.08 Å². The van der Waals surface area contributed by atoms with Crippen LogP contribution < -0.4 is 5.73 Å². The Kier molecular flexibility index (Phi) is 2.91. The third kappa shape index (κ3) is 2.29. The van der Waals surface area contributed by atoms with Gasteiger partial charge in [0.15, 0.2) is 0 Å². The summed E-state index contributed by atoms with van der Waals surface area (Å²) in [5.41, 5.74) is 10.3. The van der Waals surface area contributed by atoms with E-state index in [1.807, 2.05) is 12.2 Å². The van der Waals surface area contributed by atoms with Crippen LogP contribution >= 0.6 is 0 Å². The second-order valence-electron chi connectivity index (χ2n) is 4.62. The van der Waals surface area contributed by atoms with E-state index < -0.39 is 0 Å². The van der Waals surface area contributed by atoms with Crippen molar-refractivity contribution in [2.24, 2.45) is 15.7 Å². The van der Waals surface area contributed by atoms with Crippen LogP contribution in [0, 0.1) is 0 Å². The Labute approximate surface area is 111 Å². The van der Waals surface area contributed by atoms with Gasteiger partial charge in [0.05, 0.1) is 17.1 Å². The van der Waals surface area contributed by atoms with E-state index in [0.29, 0.717) is 5.70 Å². The van der Waals surface area contributed by atoms with Crippen molar-refractivity contribution in [2.45, 2.75) is 12.8 Å². The number of benzene rings is 1. The zero-order valence-corrected chi connectivity index (χ0v) is 10.5. The Bertz CT molecular complexity index is 621. The van der Waals surface area contributed by atoms with Crippen LogP contribution in [0.5, 0.6) is 5.75 Å². The molecule has 96 valence electrons. The fourth-order valence-corrected chi connectivity index (χ4v) is 2.25. The number of phenolic OH excluding ortho intramolecular Hbond substituents is 1. The van der Waals surface area contributed by atoms with Crippen LogP contribution in [0.15, 0.2) is 57.7 Å². The monoisotopic (exact) mass is 253 g/mol. The first-order chi connectivity index (χ1) is 9.24. The van der Waals surface area contributed by atoms with Gasteiger partial charge in [-0.2, -0.15) is 0 Å². The zero-order valence-electron chi connectivity index (χ0n) is 10.5. The number of aliphatic imine (C=N–C) groups is 2. The molecule has 2 aliphatic rings. The summed E-state index contributed by atoms with van der Waals surface area (Å²) in [6, 6.07) is 6.75. The van der Waals surface area contributed by atoms with Gasteiger partial charge in [-0.25, -0.2) is 4.99 Å². The zero-order chi connectivity index (χ0) is 13.2. The van der Waals surface area contributed by atoms with E-state index in [2.05, 4.69) is 9.98 Å². The van der Waals surface area contributed by atoms with Gasteiger partial charge in [0.2, 0.25) is 0 Å². The quantitative estimate of drug-likeness (QED) is 0.755. The molecule has 1 aliphatic heterocycles. The van der Waals surface area contributed by atoms with Crippen molar-refractivity contribution in [3.8, 4) is 5.75 Å². The maximum Gasteiger partial charge on any atom is 0.115 e. The Morgan fingerprint density at radius 1 is 1.16 bits per heavy atom. The maximum atomic E-state index is 9.28. The van der Waals surface area contributed by atoms with Crippen molar-refractivity contribution in [1.29, 1.82) is 0 Å². The van der Waals surface area contributed by atoms with E-state index in [9.17, 15) is 5.11 Å². The highest BCUT2D eigenvalue weighted by Crippen LogP contribution is 2.24. The molecular weight excluding hydrogens is 238 g/mol. The molecule has 0 radical (unpaired) electrons. The van der Waals surface area contributed by atoms with Crippen molar-refractivity contribution in [3.05, 3.63) is 47.7 Å². The number of fused-ring (bicyclic) bond motifs is 1. The number of hydrogen-bond donors (Lipinski definition) is 2. The Hall–Kier alpha value is -2.36. The summed E-state index contributed by atoms with van der Waals surface area (Å²) in [6.07, 6.45) is 6.02. The normalized spacial score (nSPS) is 20.4. The molecule has 19 heavy (non-hydrogen) atoms. The molecule has 1 heterocycles. The predicted octanol–water partition coefficient (Wildman–Crippen LogP) is 2.48. The van der Waals surface area contributed by atoms with Gasteiger partial charge in [0, 0.05) is 6.54 Å². The van der Waals surface area contributed by atoms with Crippen LogP contribution in [0.1, 0.15) is 12.8 Å². The smallest absolute Gasteiger partial charge is 0.115 e. The summed E-state index contributed by atoms with van der Waals surface area (Å²) in [4.78, 5) is 9.11. The maximum absolute atomic E-state index is 9.28. The molecule has 0 aromatic heterocycles. The Balaban J connectivity index is 2.03. The topological polar surface area (TPSA) is 71.0 Å². The van der Waals surface area contributed by atoms with Crippen molar-refractivity contribution in [3.63, 3.8) is 0 Å². The lowest BCUT2D eigenvalue weighted by molar-refractivity contribution is 0.475. The molecule has 3 N–H and O–H groups in total. The van der Waals surface area contributed by atoms with Crippen LogP contribution in [0.2, 0.25) is 0 Å². The average Bonchev–Trinajstić information content (AvgIpc) is 2.44. The lowest BCUT2D eigenvalue weighted by Crippen LogP contribution is -2.28. The van der Waals surface area contributed by atoms with Crippen molar-refractivity contribution in [2.75, 3.05) is 6.54 Å². The van der Waals surface area contributed by atoms with Crippen molar-refractivity contribution in [1.82, 2.24) is 0 Å². The lowest BCUT2D eigenvalue weighted by atomic mass is 9.92. The molecule has 0 amide bonds. The third-order valence-electron chi connectivity index (χ3n) is 3.23. The molecule has 0 spiro atoms. The SMILES string of the molecule is NC1=CC=C2CCCN=C2C1=Nc1ccc(O)cc1. The number of phenols is 1. The standard InChI is InChI=1S/C15H15N3O/c16-13-8-3-10-2-1-9-17-14(10)15(13)18-11-4-6-12(19)7-5-11/h3-8,19H,1-2,9,16H2. The van der Waals surface area contributed by atoms with Crippen molar-refractivity contribution >= 4 is 17.1 Å². The highest BCUT2D eigenvalue weighted by Gasteiger charge is 2.22. The lowest BCUT2D eigenvalue weighted by Gasteiger charge is -2.21. The minimum absolute atomic E-state index is 0.228. The number of hydrogen-bond acceptors (Lipinski definition) is 4. The second kappa shape index (κ2) is 4.72. The number of aromatic hydroxyl groups is 1. The fraction of sp³-hybridized carbons (Fsp3) is 0.200. The molecule has 1 aromatic carbocycles. The molecule has 1 aromatic rings. The van der Waals surface area contributed by atoms with E-state index in [-0.39, 0.29) is 5.75 Å². The minimum Gasteiger partial charge on any atom is -0.508 e. The fourth-order valence-electron chi connectivity index (χ4n) is 2.25. The van der Waals surface area contributed by atoms with Gasteiger partial charge in [-0.3, -0.25) is 4.99 Å². The van der Waals surface area contributed by atoms with Crippen LogP contribution in [-0.2, 0) is 0 Å². The summed E-state index contributed by atoms with van der Waals surface area (Å²) < 4.78 is 0. The van der Waals surface area contributed by atoms with Gasteiger partial charge in [0.1, 0.15) is 11.5 Å². The van der Waals surface area contributed by atoms with E-state index >= 15 is 0 Å². The average molecular weight is 253 g/mol. The summed E-state index contributed by atoms with van der Waals surface area (Å²) >= 11 is 0. The first-order valence-electron chi connectivity index (χ1n) is 6.33. The number of allylic oxidation sites excluding steroid dienone is 4. The van der Waals surface area contributed by atoms with Gasteiger partial charge in [-0.15, -0.1) is 0 Å². The molecule has 0 atom stereocenters. The van der Waals surface area contributed by atoms with Gasteiger partial charge >= 0.3 is 0 Å². The molecule has 3 rings (SSSR count). The first kappa shape index (κ1) is 11.7. The Morgan fingerprint density at radius 3 is 2.74 bits per heavy atom. The molecule has 4 heteroatoms. The second-order valence-corrected chi connectivity index (χ2v) is 4.62. The number of nitrogens with two attached hydrogens (primary N) is 1. The highest BCUT2D eigenvalue weighted by atomic mass is 16.3. The summed E-state index contributed by atoms with van der Waals surface area (Å²) in [6.45, 7) is 0.828. The van der Waals surface area contributed by atoms with Gasteiger partial charge in [-0.05, 0) is 48.8 Å². The van der Waals surface area contributed by atoms with Gasteiger partial charge in [0.25, 0.3) is 0 Å². The minimum atomic E-state index is 0.228. The van der Waals surface area contributed by atoms with E-state index in [1.54, 1.807) is 24.3 Å². The third-order valence-corrected chi connectivity index (χ3v) is 3.23. The number of rotatable bonds is 1. The highest BCUT2D eigenvalue weighted by molar-refractivity contribution is 6.54. The molecule has 0 saturated carbocycles. The molecule has 0 bridgehead atoms. The van der Waals surface area contributed by atoms with E-state index in [0.717, 1.165) is 36.5 Å².